The normalized spacial score (nSPS) is 13.6. The molecular weight excluding hydrogens is 426 g/mol. The summed E-state index contributed by atoms with van der Waals surface area (Å²) in [7, 11) is 1.15. The van der Waals surface area contributed by atoms with Crippen LogP contribution in [0.15, 0.2) is 48.5 Å². The number of ether oxygens (including phenoxy) is 2. The number of carbonyl (C=O) groups excluding carboxylic acids is 2. The van der Waals surface area contributed by atoms with Crippen LogP contribution in [0.1, 0.15) is 17.0 Å². The monoisotopic (exact) mass is 448 g/mol. The van der Waals surface area contributed by atoms with Crippen molar-refractivity contribution in [2.24, 2.45) is 0 Å². The van der Waals surface area contributed by atoms with Crippen LogP contribution in [-0.4, -0.2) is 61.9 Å². The number of fused-ring (bicyclic) bond motifs is 3. The van der Waals surface area contributed by atoms with E-state index >= 15 is 0 Å². The van der Waals surface area contributed by atoms with Crippen LogP contribution >= 0.6 is 0 Å². The number of carboxylic acid groups (broad SMARTS) is 1. The number of benzene rings is 2. The minimum Gasteiger partial charge on any atom is -0.477 e. The minimum absolute atomic E-state index is 0.0640. The molecule has 1 aliphatic carbocycles. The maximum Gasteiger partial charge on any atom is 0.407 e. The molecule has 0 fully saturated rings. The SMILES string of the molecule is COC(CNC(=O)OCC1c2ccccc2-c2ccccc21)C(=O)NCC(F)(F)C(=O)O. The summed E-state index contributed by atoms with van der Waals surface area (Å²) in [5.74, 6) is -7.61. The Hall–Kier alpha value is -3.53. The molecule has 0 spiro atoms. The Balaban J connectivity index is 1.53. The van der Waals surface area contributed by atoms with Crippen molar-refractivity contribution in [3.63, 3.8) is 0 Å². The third kappa shape index (κ3) is 5.02. The van der Waals surface area contributed by atoms with E-state index in [-0.39, 0.29) is 19.1 Å². The van der Waals surface area contributed by atoms with Crippen LogP contribution in [0.25, 0.3) is 11.1 Å². The van der Waals surface area contributed by atoms with Crippen molar-refractivity contribution < 1.29 is 37.7 Å². The lowest BCUT2D eigenvalue weighted by molar-refractivity contribution is -0.164. The molecule has 0 aliphatic heterocycles. The molecule has 32 heavy (non-hydrogen) atoms. The number of aliphatic carboxylic acids is 1. The summed E-state index contributed by atoms with van der Waals surface area (Å²) >= 11 is 0. The van der Waals surface area contributed by atoms with Crippen LogP contribution < -0.4 is 10.6 Å². The quantitative estimate of drug-likeness (QED) is 0.543. The van der Waals surface area contributed by atoms with E-state index in [0.29, 0.717) is 0 Å². The van der Waals surface area contributed by atoms with Gasteiger partial charge in [0.25, 0.3) is 5.91 Å². The molecule has 3 N–H and O–H groups in total. The van der Waals surface area contributed by atoms with Gasteiger partial charge in [0.05, 0.1) is 13.1 Å². The Bertz CT molecular complexity index is 968. The molecule has 0 bridgehead atoms. The molecule has 2 amide bonds. The van der Waals surface area contributed by atoms with Crippen molar-refractivity contribution >= 4 is 18.0 Å². The van der Waals surface area contributed by atoms with Gasteiger partial charge in [0.1, 0.15) is 6.61 Å². The number of hydrogen-bond donors (Lipinski definition) is 3. The number of alkyl halides is 2. The first-order chi connectivity index (χ1) is 15.2. The van der Waals surface area contributed by atoms with Crippen LogP contribution in [0.3, 0.4) is 0 Å². The topological polar surface area (TPSA) is 114 Å². The van der Waals surface area contributed by atoms with Gasteiger partial charge in [-0.15, -0.1) is 0 Å². The zero-order chi connectivity index (χ0) is 23.3. The maximum absolute atomic E-state index is 13.1. The van der Waals surface area contributed by atoms with Crippen LogP contribution in [0.5, 0.6) is 0 Å². The molecule has 2 aromatic carbocycles. The van der Waals surface area contributed by atoms with Crippen LogP contribution in [0, 0.1) is 0 Å². The van der Waals surface area contributed by atoms with E-state index in [4.69, 9.17) is 14.6 Å². The number of hydrogen-bond acceptors (Lipinski definition) is 5. The van der Waals surface area contributed by atoms with Gasteiger partial charge in [-0.2, -0.15) is 8.78 Å². The Labute approximate surface area is 182 Å². The average Bonchev–Trinajstić information content (AvgIpc) is 3.10. The van der Waals surface area contributed by atoms with Crippen LogP contribution in [0.2, 0.25) is 0 Å². The molecule has 1 unspecified atom stereocenters. The van der Waals surface area contributed by atoms with Gasteiger partial charge < -0.3 is 25.2 Å². The number of amides is 2. The van der Waals surface area contributed by atoms with Crippen LogP contribution in [0.4, 0.5) is 13.6 Å². The second-order valence-corrected chi connectivity index (χ2v) is 7.16. The molecular formula is C22H22F2N2O6. The van der Waals surface area contributed by atoms with E-state index < -0.39 is 36.5 Å². The van der Waals surface area contributed by atoms with Crippen molar-refractivity contribution in [1.29, 1.82) is 0 Å². The van der Waals surface area contributed by atoms with E-state index in [1.54, 1.807) is 5.32 Å². The van der Waals surface area contributed by atoms with Gasteiger partial charge in [0.15, 0.2) is 6.10 Å². The van der Waals surface area contributed by atoms with Crippen LogP contribution in [-0.2, 0) is 19.1 Å². The molecule has 3 rings (SSSR count). The lowest BCUT2D eigenvalue weighted by Crippen LogP contribution is -2.49. The number of rotatable bonds is 9. The molecule has 0 radical (unpaired) electrons. The summed E-state index contributed by atoms with van der Waals surface area (Å²) in [6, 6.07) is 15.6. The first-order valence-electron chi connectivity index (χ1n) is 9.75. The standard InChI is InChI=1S/C22H22F2N2O6/c1-31-18(19(27)26-12-22(23,24)20(28)29)10-25-21(30)32-11-17-15-8-4-2-6-13(15)14-7-3-5-9-16(14)17/h2-9,17-18H,10-12H2,1H3,(H,25,30)(H,26,27)(H,28,29). The summed E-state index contributed by atoms with van der Waals surface area (Å²) < 4.78 is 36.4. The predicted molar refractivity (Wildman–Crippen MR) is 109 cm³/mol. The fraction of sp³-hybridized carbons (Fsp3) is 0.318. The Morgan fingerprint density at radius 3 is 2.12 bits per heavy atom. The highest BCUT2D eigenvalue weighted by Gasteiger charge is 2.39. The molecule has 2 aromatic rings. The van der Waals surface area contributed by atoms with Gasteiger partial charge >= 0.3 is 18.0 Å². The van der Waals surface area contributed by atoms with E-state index in [9.17, 15) is 23.2 Å². The average molecular weight is 448 g/mol. The molecule has 0 heterocycles. The fourth-order valence-electron chi connectivity index (χ4n) is 3.50. The first-order valence-corrected chi connectivity index (χ1v) is 9.75. The molecule has 0 saturated heterocycles. The van der Waals surface area contributed by atoms with Gasteiger partial charge in [-0.3, -0.25) is 4.79 Å². The molecule has 1 aliphatic rings. The van der Waals surface area contributed by atoms with Crippen molar-refractivity contribution in [2.45, 2.75) is 17.9 Å². The second-order valence-electron chi connectivity index (χ2n) is 7.16. The second kappa shape index (κ2) is 9.73. The Kier molecular flexibility index (Phi) is 7.04. The van der Waals surface area contributed by atoms with Gasteiger partial charge in [0.2, 0.25) is 0 Å². The lowest BCUT2D eigenvalue weighted by atomic mass is 9.98. The maximum atomic E-state index is 13.1. The van der Waals surface area contributed by atoms with Gasteiger partial charge in [-0.25, -0.2) is 9.59 Å². The molecule has 8 nitrogen and oxygen atoms in total. The van der Waals surface area contributed by atoms with E-state index in [0.717, 1.165) is 29.4 Å². The third-order valence-electron chi connectivity index (χ3n) is 5.15. The van der Waals surface area contributed by atoms with Crippen molar-refractivity contribution in [2.75, 3.05) is 26.8 Å². The summed E-state index contributed by atoms with van der Waals surface area (Å²) in [5, 5.41) is 12.5. The first kappa shape index (κ1) is 23.1. The summed E-state index contributed by atoms with van der Waals surface area (Å²) in [6.07, 6.45) is -2.11. The highest BCUT2D eigenvalue weighted by Crippen LogP contribution is 2.44. The Morgan fingerprint density at radius 1 is 1.03 bits per heavy atom. The molecule has 0 aromatic heterocycles. The summed E-state index contributed by atoms with van der Waals surface area (Å²) in [4.78, 5) is 34.5. The van der Waals surface area contributed by atoms with E-state index in [1.165, 1.54) is 0 Å². The molecule has 0 saturated carbocycles. The number of carboxylic acids is 1. The zero-order valence-electron chi connectivity index (χ0n) is 17.1. The highest BCUT2D eigenvalue weighted by atomic mass is 19.3. The van der Waals surface area contributed by atoms with Gasteiger partial charge in [0, 0.05) is 13.0 Å². The third-order valence-corrected chi connectivity index (χ3v) is 5.15. The number of carbonyl (C=O) groups is 3. The lowest BCUT2D eigenvalue weighted by Gasteiger charge is -2.18. The number of alkyl carbamates (subject to hydrolysis) is 1. The molecule has 1 atom stereocenters. The summed E-state index contributed by atoms with van der Waals surface area (Å²) in [6.45, 7) is -1.68. The van der Waals surface area contributed by atoms with E-state index in [1.807, 2.05) is 48.5 Å². The highest BCUT2D eigenvalue weighted by molar-refractivity contribution is 5.83. The zero-order valence-corrected chi connectivity index (χ0v) is 17.1. The minimum atomic E-state index is -4.12. The molecule has 10 heteroatoms. The Morgan fingerprint density at radius 2 is 1.59 bits per heavy atom. The van der Waals surface area contributed by atoms with E-state index in [2.05, 4.69) is 5.32 Å². The van der Waals surface area contributed by atoms with Crippen molar-refractivity contribution in [3.8, 4) is 11.1 Å². The van der Waals surface area contributed by atoms with Crippen molar-refractivity contribution in [3.05, 3.63) is 59.7 Å². The fourth-order valence-corrected chi connectivity index (χ4v) is 3.50. The largest absolute Gasteiger partial charge is 0.477 e. The number of methoxy groups -OCH3 is 1. The number of halogens is 2. The molecule has 170 valence electrons. The predicted octanol–water partition coefficient (Wildman–Crippen LogP) is 2.38. The summed E-state index contributed by atoms with van der Waals surface area (Å²) in [5.41, 5.74) is 4.22. The van der Waals surface area contributed by atoms with Crippen molar-refractivity contribution in [1.82, 2.24) is 10.6 Å². The smallest absolute Gasteiger partial charge is 0.407 e. The van der Waals surface area contributed by atoms with Gasteiger partial charge in [-0.1, -0.05) is 48.5 Å². The number of nitrogens with one attached hydrogen (secondary N) is 2. The van der Waals surface area contributed by atoms with Gasteiger partial charge in [-0.05, 0) is 22.3 Å².